The molecule has 0 aromatic rings. The lowest BCUT2D eigenvalue weighted by atomic mass is 9.81. The van der Waals surface area contributed by atoms with Gasteiger partial charge in [-0.1, -0.05) is 6.92 Å². The highest BCUT2D eigenvalue weighted by Gasteiger charge is 2.29. The smallest absolute Gasteiger partial charge is 0.243 e. The highest BCUT2D eigenvalue weighted by atomic mass is 16.2. The third-order valence-electron chi connectivity index (χ3n) is 3.16. The molecule has 0 radical (unpaired) electrons. The van der Waals surface area contributed by atoms with E-state index in [9.17, 15) is 9.59 Å². The first kappa shape index (κ1) is 14.6. The van der Waals surface area contributed by atoms with E-state index in [4.69, 9.17) is 0 Å². The number of nitrogens with zero attached hydrogens (tertiary/aromatic N) is 1. The molecule has 0 saturated heterocycles. The summed E-state index contributed by atoms with van der Waals surface area (Å²) in [7, 11) is 0. The van der Waals surface area contributed by atoms with Gasteiger partial charge in [-0.15, -0.1) is 0 Å². The number of carbonyl (C=O) groups excluding carboxylic acids is 2. The molecule has 0 bridgehead atoms. The number of amides is 2. The lowest BCUT2D eigenvalue weighted by molar-refractivity contribution is -0.131. The summed E-state index contributed by atoms with van der Waals surface area (Å²) < 4.78 is 0. The summed E-state index contributed by atoms with van der Waals surface area (Å²) in [6, 6.07) is 0. The van der Waals surface area contributed by atoms with E-state index in [0.717, 1.165) is 25.7 Å². The lowest BCUT2D eigenvalue weighted by Gasteiger charge is -2.26. The molecule has 0 heterocycles. The molecule has 0 unspecified atom stereocenters. The zero-order valence-corrected chi connectivity index (χ0v) is 11.0. The van der Waals surface area contributed by atoms with Crippen LogP contribution in [0.1, 0.15) is 39.5 Å². The number of hydrogen-bond donors (Lipinski definition) is 3. The number of carbonyl (C=O) groups is 2. The first-order valence-electron chi connectivity index (χ1n) is 6.49. The van der Waals surface area contributed by atoms with E-state index >= 15 is 0 Å². The first-order valence-corrected chi connectivity index (χ1v) is 6.49. The molecule has 3 N–H and O–H groups in total. The fourth-order valence-electron chi connectivity index (χ4n) is 2.11. The summed E-state index contributed by atoms with van der Waals surface area (Å²) in [5, 5.41) is 3.73. The predicted octanol–water partition coefficient (Wildman–Crippen LogP) is 0.555. The van der Waals surface area contributed by atoms with E-state index in [2.05, 4.69) is 21.4 Å². The largest absolute Gasteiger partial charge is 0.291 e. The molecular formula is C12H22N4O2. The topological polar surface area (TPSA) is 82.6 Å². The minimum absolute atomic E-state index is 0.0165. The zero-order chi connectivity index (χ0) is 13.4. The summed E-state index contributed by atoms with van der Waals surface area (Å²) >= 11 is 0. The highest BCUT2D eigenvalue weighted by molar-refractivity contribution is 5.81. The van der Waals surface area contributed by atoms with Crippen LogP contribution in [0.4, 0.5) is 0 Å². The van der Waals surface area contributed by atoms with Crippen molar-refractivity contribution in [3.05, 3.63) is 0 Å². The summed E-state index contributed by atoms with van der Waals surface area (Å²) in [6.45, 7) is 4.39. The Bertz CT molecular complexity index is 309. The lowest BCUT2D eigenvalue weighted by Crippen LogP contribution is -2.42. The minimum atomic E-state index is -0.0429. The van der Waals surface area contributed by atoms with Gasteiger partial charge in [-0.25, -0.2) is 10.9 Å². The minimum Gasteiger partial charge on any atom is -0.291 e. The maximum atomic E-state index is 11.7. The summed E-state index contributed by atoms with van der Waals surface area (Å²) in [6.07, 6.45) is 4.55. The van der Waals surface area contributed by atoms with E-state index in [-0.39, 0.29) is 23.7 Å². The van der Waals surface area contributed by atoms with E-state index in [1.807, 2.05) is 6.92 Å². The normalized spacial score (nSPS) is 23.9. The van der Waals surface area contributed by atoms with Crippen LogP contribution in [0.3, 0.4) is 0 Å². The molecule has 1 aliphatic rings. The molecule has 0 atom stereocenters. The van der Waals surface area contributed by atoms with Gasteiger partial charge in [0.2, 0.25) is 11.8 Å². The molecule has 1 rings (SSSR count). The third-order valence-corrected chi connectivity index (χ3v) is 3.16. The van der Waals surface area contributed by atoms with Crippen molar-refractivity contribution in [3.63, 3.8) is 0 Å². The molecular weight excluding hydrogens is 232 g/mol. The van der Waals surface area contributed by atoms with Gasteiger partial charge in [0.15, 0.2) is 0 Å². The van der Waals surface area contributed by atoms with Gasteiger partial charge in [0.1, 0.15) is 0 Å². The summed E-state index contributed by atoms with van der Waals surface area (Å²) in [4.78, 5) is 23.4. The number of rotatable bonds is 5. The monoisotopic (exact) mass is 254 g/mol. The molecule has 1 aliphatic carbocycles. The van der Waals surface area contributed by atoms with Gasteiger partial charge in [0.05, 0.1) is 0 Å². The van der Waals surface area contributed by atoms with Gasteiger partial charge in [0, 0.05) is 24.6 Å². The van der Waals surface area contributed by atoms with Gasteiger partial charge >= 0.3 is 0 Å². The third kappa shape index (κ3) is 4.44. The van der Waals surface area contributed by atoms with Gasteiger partial charge in [-0.3, -0.25) is 15.0 Å². The number of hydrazone groups is 1. The van der Waals surface area contributed by atoms with Gasteiger partial charge in [0.25, 0.3) is 0 Å². The SMILES string of the molecule is C/C=N/NC(=O)C1CCC(C(=O)NNCC)CC1. The van der Waals surface area contributed by atoms with Gasteiger partial charge < -0.3 is 0 Å². The first-order chi connectivity index (χ1) is 8.69. The van der Waals surface area contributed by atoms with Crippen molar-refractivity contribution in [2.45, 2.75) is 39.5 Å². The van der Waals surface area contributed by atoms with Crippen molar-refractivity contribution in [1.82, 2.24) is 16.3 Å². The molecule has 0 aromatic carbocycles. The molecule has 0 aromatic heterocycles. The standard InChI is InChI=1S/C12H22N4O2/c1-3-13-15-11(17)9-5-7-10(8-6-9)12(18)16-14-4-2/h3,9-10,14H,4-8H2,1-2H3,(H,15,17)(H,16,18)/b13-3+. The van der Waals surface area contributed by atoms with Gasteiger partial charge in [-0.05, 0) is 32.6 Å². The van der Waals surface area contributed by atoms with Crippen LogP contribution < -0.4 is 16.3 Å². The molecule has 1 saturated carbocycles. The predicted molar refractivity (Wildman–Crippen MR) is 69.6 cm³/mol. The van der Waals surface area contributed by atoms with Crippen molar-refractivity contribution >= 4 is 18.0 Å². The Labute approximate surface area is 108 Å². The summed E-state index contributed by atoms with van der Waals surface area (Å²) in [5.41, 5.74) is 7.97. The Morgan fingerprint density at radius 1 is 1.17 bits per heavy atom. The zero-order valence-electron chi connectivity index (χ0n) is 11.0. The van der Waals surface area contributed by atoms with E-state index in [1.54, 1.807) is 13.1 Å². The molecule has 2 amide bonds. The quantitative estimate of drug-likeness (QED) is 0.495. The van der Waals surface area contributed by atoms with Crippen LogP contribution in [0.2, 0.25) is 0 Å². The summed E-state index contributed by atoms with van der Waals surface area (Å²) in [5.74, 6) is -0.0133. The van der Waals surface area contributed by atoms with E-state index < -0.39 is 0 Å². The molecule has 0 aliphatic heterocycles. The fraction of sp³-hybridized carbons (Fsp3) is 0.750. The number of hydrazine groups is 1. The maximum Gasteiger partial charge on any atom is 0.243 e. The van der Waals surface area contributed by atoms with Crippen molar-refractivity contribution in [2.75, 3.05) is 6.54 Å². The van der Waals surface area contributed by atoms with Crippen LogP contribution in [-0.4, -0.2) is 24.6 Å². The Balaban J connectivity index is 2.31. The molecule has 0 spiro atoms. The Hall–Kier alpha value is -1.43. The Kier molecular flexibility index (Phi) is 6.35. The van der Waals surface area contributed by atoms with Crippen LogP contribution in [0.5, 0.6) is 0 Å². The number of hydrogen-bond acceptors (Lipinski definition) is 4. The van der Waals surface area contributed by atoms with Crippen molar-refractivity contribution in [2.24, 2.45) is 16.9 Å². The maximum absolute atomic E-state index is 11.7. The average Bonchev–Trinajstić information content (AvgIpc) is 2.42. The van der Waals surface area contributed by atoms with Crippen LogP contribution in [0.25, 0.3) is 0 Å². The second-order valence-corrected chi connectivity index (χ2v) is 4.43. The average molecular weight is 254 g/mol. The molecule has 102 valence electrons. The van der Waals surface area contributed by atoms with Gasteiger partial charge in [-0.2, -0.15) is 5.10 Å². The second kappa shape index (κ2) is 7.81. The van der Waals surface area contributed by atoms with E-state index in [1.165, 1.54) is 0 Å². The van der Waals surface area contributed by atoms with Crippen molar-refractivity contribution in [3.8, 4) is 0 Å². The van der Waals surface area contributed by atoms with Crippen LogP contribution >= 0.6 is 0 Å². The number of nitrogens with one attached hydrogen (secondary N) is 3. The van der Waals surface area contributed by atoms with Crippen molar-refractivity contribution < 1.29 is 9.59 Å². The molecule has 6 nitrogen and oxygen atoms in total. The van der Waals surface area contributed by atoms with Crippen molar-refractivity contribution in [1.29, 1.82) is 0 Å². The fourth-order valence-corrected chi connectivity index (χ4v) is 2.11. The molecule has 1 fully saturated rings. The van der Waals surface area contributed by atoms with E-state index in [0.29, 0.717) is 6.54 Å². The molecule has 6 heteroatoms. The Morgan fingerprint density at radius 3 is 2.22 bits per heavy atom. The molecule has 18 heavy (non-hydrogen) atoms. The highest BCUT2D eigenvalue weighted by Crippen LogP contribution is 2.28. The van der Waals surface area contributed by atoms with Crippen LogP contribution in [0.15, 0.2) is 5.10 Å². The Morgan fingerprint density at radius 2 is 1.72 bits per heavy atom. The second-order valence-electron chi connectivity index (χ2n) is 4.43. The van der Waals surface area contributed by atoms with Crippen LogP contribution in [-0.2, 0) is 9.59 Å². The van der Waals surface area contributed by atoms with Crippen LogP contribution in [0, 0.1) is 11.8 Å².